The minimum absolute atomic E-state index is 0.0920. The number of hydrogen-bond acceptors (Lipinski definition) is 6. The molecule has 0 N–H and O–H groups in total. The first-order chi connectivity index (χ1) is 41.0. The van der Waals surface area contributed by atoms with Crippen LogP contribution in [0.1, 0.15) is 393 Å². The second kappa shape index (κ2) is 71.6. The Morgan fingerprint density at radius 3 is 0.807 bits per heavy atom. The van der Waals surface area contributed by atoms with E-state index in [9.17, 15) is 14.4 Å². The van der Waals surface area contributed by atoms with Gasteiger partial charge >= 0.3 is 17.9 Å². The van der Waals surface area contributed by atoms with Gasteiger partial charge in [-0.05, 0) is 70.6 Å². The van der Waals surface area contributed by atoms with Gasteiger partial charge in [0, 0.05) is 19.3 Å². The molecule has 0 saturated heterocycles. The van der Waals surface area contributed by atoms with Crippen molar-refractivity contribution >= 4 is 17.9 Å². The number of carbonyl (C=O) groups excluding carboxylic acids is 3. The number of unbranched alkanes of at least 4 members (excludes halogenated alkanes) is 47. The zero-order chi connectivity index (χ0) is 59.9. The summed E-state index contributed by atoms with van der Waals surface area (Å²) < 4.78 is 16.9. The molecule has 484 valence electrons. The lowest BCUT2D eigenvalue weighted by Crippen LogP contribution is -2.30. The van der Waals surface area contributed by atoms with Crippen molar-refractivity contribution in [1.29, 1.82) is 0 Å². The molecule has 0 bridgehead atoms. The van der Waals surface area contributed by atoms with Crippen molar-refractivity contribution < 1.29 is 28.6 Å². The van der Waals surface area contributed by atoms with E-state index in [4.69, 9.17) is 14.2 Å². The minimum Gasteiger partial charge on any atom is -0.462 e. The summed E-state index contributed by atoms with van der Waals surface area (Å²) in [6.45, 7) is 6.53. The van der Waals surface area contributed by atoms with Crippen molar-refractivity contribution in [3.05, 3.63) is 60.8 Å². The average Bonchev–Trinajstić information content (AvgIpc) is 3.49. The highest BCUT2D eigenvalue weighted by molar-refractivity contribution is 5.71. The van der Waals surface area contributed by atoms with E-state index in [2.05, 4.69) is 75.5 Å². The number of ether oxygens (including phenoxy) is 3. The lowest BCUT2D eigenvalue weighted by molar-refractivity contribution is -0.166. The molecule has 0 fully saturated rings. The quantitative estimate of drug-likeness (QED) is 0.0261. The topological polar surface area (TPSA) is 78.9 Å². The van der Waals surface area contributed by atoms with Crippen molar-refractivity contribution in [3.8, 4) is 0 Å². The monoisotopic (exact) mass is 1160 g/mol. The summed E-state index contributed by atoms with van der Waals surface area (Å²) in [6, 6.07) is 0. The van der Waals surface area contributed by atoms with E-state index in [0.717, 1.165) is 64.2 Å². The maximum Gasteiger partial charge on any atom is 0.306 e. The van der Waals surface area contributed by atoms with Crippen LogP contribution in [-0.4, -0.2) is 37.2 Å². The summed E-state index contributed by atoms with van der Waals surface area (Å²) in [6.07, 6.45) is 92.9. The molecule has 0 saturated carbocycles. The van der Waals surface area contributed by atoms with Gasteiger partial charge in [-0.2, -0.15) is 0 Å². The molecule has 1 unspecified atom stereocenters. The third kappa shape index (κ3) is 69.8. The molecule has 0 aliphatic rings. The Morgan fingerprint density at radius 2 is 0.494 bits per heavy atom. The molecule has 83 heavy (non-hydrogen) atoms. The molecule has 6 heteroatoms. The van der Waals surface area contributed by atoms with Crippen LogP contribution in [0.25, 0.3) is 0 Å². The molecule has 0 spiro atoms. The van der Waals surface area contributed by atoms with Gasteiger partial charge in [-0.1, -0.05) is 364 Å². The summed E-state index contributed by atoms with van der Waals surface area (Å²) in [5.74, 6) is -0.953. The van der Waals surface area contributed by atoms with Crippen LogP contribution < -0.4 is 0 Å². The number of rotatable bonds is 68. The summed E-state index contributed by atoms with van der Waals surface area (Å²) in [7, 11) is 0. The molecular weight excluding hydrogens is 1020 g/mol. The smallest absolute Gasteiger partial charge is 0.306 e. The lowest BCUT2D eigenvalue weighted by atomic mass is 10.0. The molecule has 0 rings (SSSR count). The van der Waals surface area contributed by atoms with Gasteiger partial charge in [-0.25, -0.2) is 0 Å². The zero-order valence-electron chi connectivity index (χ0n) is 55.7. The third-order valence-corrected chi connectivity index (χ3v) is 16.5. The van der Waals surface area contributed by atoms with E-state index in [-0.39, 0.29) is 37.5 Å². The van der Waals surface area contributed by atoms with Crippen molar-refractivity contribution in [2.45, 2.75) is 399 Å². The van der Waals surface area contributed by atoms with E-state index >= 15 is 0 Å². The van der Waals surface area contributed by atoms with Gasteiger partial charge in [-0.15, -0.1) is 0 Å². The Kier molecular flexibility index (Phi) is 69.1. The van der Waals surface area contributed by atoms with Crippen LogP contribution in [-0.2, 0) is 28.6 Å². The fraction of sp³-hybridized carbons (Fsp3) is 0.831. The molecule has 0 heterocycles. The second-order valence-corrected chi connectivity index (χ2v) is 24.8. The first kappa shape index (κ1) is 80.1. The Labute approximate surface area is 517 Å². The fourth-order valence-corrected chi connectivity index (χ4v) is 11.0. The van der Waals surface area contributed by atoms with Crippen LogP contribution in [0.3, 0.4) is 0 Å². The van der Waals surface area contributed by atoms with Gasteiger partial charge in [-0.3, -0.25) is 14.4 Å². The summed E-state index contributed by atoms with van der Waals surface area (Å²) in [4.78, 5) is 38.4. The summed E-state index contributed by atoms with van der Waals surface area (Å²) in [5, 5.41) is 0. The SMILES string of the molecule is CC/C=C\C/C=C\C/C=C\C/C=C\CCC(=O)OCC(COC(=O)CCCCCCCCCCCCCCCCCCCCCCCCCCCCC)OC(=O)CCCCCCCCCCCCCCC/C=C\CCCCCCCCCC. The normalized spacial score (nSPS) is 12.4. The highest BCUT2D eigenvalue weighted by Crippen LogP contribution is 2.19. The highest BCUT2D eigenvalue weighted by atomic mass is 16.6. The predicted molar refractivity (Wildman–Crippen MR) is 362 cm³/mol. The molecule has 6 nitrogen and oxygen atoms in total. The zero-order valence-corrected chi connectivity index (χ0v) is 55.7. The van der Waals surface area contributed by atoms with Crippen molar-refractivity contribution in [1.82, 2.24) is 0 Å². The van der Waals surface area contributed by atoms with Crippen molar-refractivity contribution in [3.63, 3.8) is 0 Å². The van der Waals surface area contributed by atoms with Crippen LogP contribution in [0.15, 0.2) is 60.8 Å². The first-order valence-corrected chi connectivity index (χ1v) is 36.8. The molecule has 0 aromatic heterocycles. The van der Waals surface area contributed by atoms with E-state index < -0.39 is 6.10 Å². The van der Waals surface area contributed by atoms with Gasteiger partial charge < -0.3 is 14.2 Å². The molecule has 0 aliphatic carbocycles. The van der Waals surface area contributed by atoms with E-state index in [1.165, 1.54) is 283 Å². The molecule has 0 amide bonds. The van der Waals surface area contributed by atoms with Gasteiger partial charge in [0.1, 0.15) is 13.2 Å². The van der Waals surface area contributed by atoms with Crippen LogP contribution >= 0.6 is 0 Å². The number of hydrogen-bond donors (Lipinski definition) is 0. The van der Waals surface area contributed by atoms with Crippen LogP contribution in [0.2, 0.25) is 0 Å². The van der Waals surface area contributed by atoms with Crippen molar-refractivity contribution in [2.24, 2.45) is 0 Å². The first-order valence-electron chi connectivity index (χ1n) is 36.8. The summed E-state index contributed by atoms with van der Waals surface area (Å²) in [5.41, 5.74) is 0. The van der Waals surface area contributed by atoms with Gasteiger partial charge in [0.2, 0.25) is 0 Å². The summed E-state index contributed by atoms with van der Waals surface area (Å²) >= 11 is 0. The second-order valence-electron chi connectivity index (χ2n) is 24.8. The van der Waals surface area contributed by atoms with Gasteiger partial charge in [0.05, 0.1) is 0 Å². The highest BCUT2D eigenvalue weighted by Gasteiger charge is 2.19. The van der Waals surface area contributed by atoms with Crippen molar-refractivity contribution in [2.75, 3.05) is 13.2 Å². The number of esters is 3. The standard InChI is InChI=1S/C77H140O6/c1-4-7-10-13-16-19-22-25-27-29-31-33-35-37-38-40-41-43-45-47-49-52-55-58-61-64-67-70-76(79)82-73-74(72-81-75(78)69-66-63-60-57-54-51-24-21-18-15-12-9-6-3)83-77(80)71-68-65-62-59-56-53-50-48-46-44-42-39-36-34-32-30-28-26-23-20-17-14-11-8-5-2/h9,12,18,21,30,32,51,54,60,63,74H,4-8,10-11,13-17,19-20,22-29,31,33-50,52-53,55-59,61-62,64-73H2,1-3H3/b12-9-,21-18-,32-30-,54-51-,63-60-. The molecule has 1 atom stereocenters. The average molecular weight is 1160 g/mol. The Hall–Kier alpha value is -2.89. The Bertz CT molecular complexity index is 1470. The number of allylic oxidation sites excluding steroid dienone is 10. The maximum absolute atomic E-state index is 13.0. The van der Waals surface area contributed by atoms with Gasteiger partial charge in [0.15, 0.2) is 6.10 Å². The Morgan fingerprint density at radius 1 is 0.253 bits per heavy atom. The number of carbonyl (C=O) groups is 3. The third-order valence-electron chi connectivity index (χ3n) is 16.5. The van der Waals surface area contributed by atoms with Crippen LogP contribution in [0.5, 0.6) is 0 Å². The van der Waals surface area contributed by atoms with Gasteiger partial charge in [0.25, 0.3) is 0 Å². The fourth-order valence-electron chi connectivity index (χ4n) is 11.0. The van der Waals surface area contributed by atoms with Crippen LogP contribution in [0, 0.1) is 0 Å². The molecule has 0 aromatic carbocycles. The maximum atomic E-state index is 13.0. The molecule has 0 aromatic rings. The minimum atomic E-state index is -0.803. The van der Waals surface area contributed by atoms with Crippen LogP contribution in [0.4, 0.5) is 0 Å². The molecular formula is C77H140O6. The molecule has 0 aliphatic heterocycles. The molecule has 0 radical (unpaired) electrons. The Balaban J connectivity index is 4.23. The van der Waals surface area contributed by atoms with E-state index in [0.29, 0.717) is 19.3 Å². The van der Waals surface area contributed by atoms with E-state index in [1.54, 1.807) is 0 Å². The predicted octanol–water partition coefficient (Wildman–Crippen LogP) is 25.5. The largest absolute Gasteiger partial charge is 0.462 e. The lowest BCUT2D eigenvalue weighted by Gasteiger charge is -2.18. The van der Waals surface area contributed by atoms with E-state index in [1.807, 2.05) is 6.08 Å².